The van der Waals surface area contributed by atoms with Crippen molar-refractivity contribution < 1.29 is 52.7 Å². The van der Waals surface area contributed by atoms with Crippen LogP contribution in [0.1, 0.15) is 52.4 Å². The molecule has 12 heteroatoms. The summed E-state index contributed by atoms with van der Waals surface area (Å²) in [6, 6.07) is 0. The average Bonchev–Trinajstić information content (AvgIpc) is 2.44. The van der Waals surface area contributed by atoms with Gasteiger partial charge in [0.2, 0.25) is 0 Å². The molecule has 0 rings (SSSR count). The minimum Gasteiger partial charge on any atom is -0.170 e. The molecule has 0 radical (unpaired) electrons. The van der Waals surface area contributed by atoms with E-state index in [-0.39, 0.29) is 12.2 Å². The van der Waals surface area contributed by atoms with Crippen LogP contribution < -0.4 is 0 Å². The zero-order chi connectivity index (χ0) is 22.7. The minimum absolute atomic E-state index is 0.110. The largest absolute Gasteiger partial charge is 0.403 e. The molecule has 0 aliphatic rings. The van der Waals surface area contributed by atoms with E-state index in [1.54, 1.807) is 0 Å². The molecular weight excluding hydrogens is 420 g/mol. The number of hydrogen-bond donors (Lipinski definition) is 0. The van der Waals surface area contributed by atoms with Crippen LogP contribution in [0.4, 0.5) is 52.7 Å². The van der Waals surface area contributed by atoms with E-state index in [9.17, 15) is 52.7 Å². The molecule has 0 aliphatic heterocycles. The second-order valence-corrected chi connectivity index (χ2v) is 6.53. The fraction of sp³-hybridized carbons (Fsp3) is 0.875. The molecule has 0 bridgehead atoms. The Balaban J connectivity index is 5.92. The van der Waals surface area contributed by atoms with E-state index in [4.69, 9.17) is 0 Å². The lowest BCUT2D eigenvalue weighted by Crippen LogP contribution is -2.50. The molecule has 0 aromatic rings. The Morgan fingerprint density at radius 3 is 0.821 bits per heavy atom. The molecule has 0 heterocycles. The molecule has 0 unspecified atom stereocenters. The van der Waals surface area contributed by atoms with Gasteiger partial charge in [-0.3, -0.25) is 0 Å². The maximum absolute atomic E-state index is 13.1. The van der Waals surface area contributed by atoms with E-state index >= 15 is 0 Å². The summed E-state index contributed by atoms with van der Waals surface area (Å²) in [5.74, 6) is 0. The van der Waals surface area contributed by atoms with Crippen LogP contribution in [0.15, 0.2) is 12.2 Å². The summed E-state index contributed by atoms with van der Waals surface area (Å²) in [6.45, 7) is 2.10. The highest BCUT2D eigenvalue weighted by molar-refractivity contribution is 5.04. The third-order valence-corrected chi connectivity index (χ3v) is 4.62. The molecule has 28 heavy (non-hydrogen) atoms. The summed E-state index contributed by atoms with van der Waals surface area (Å²) >= 11 is 0. The van der Waals surface area contributed by atoms with E-state index < -0.39 is 74.1 Å². The molecule has 0 nitrogen and oxygen atoms in total. The van der Waals surface area contributed by atoms with Gasteiger partial charge in [-0.1, -0.05) is 38.8 Å². The van der Waals surface area contributed by atoms with E-state index in [1.165, 1.54) is 0 Å². The Kier molecular flexibility index (Phi) is 8.38. The molecule has 0 amide bonds. The molecule has 0 saturated heterocycles. The van der Waals surface area contributed by atoms with Gasteiger partial charge in [0.05, 0.1) is 0 Å². The highest BCUT2D eigenvalue weighted by atomic mass is 19.4. The molecule has 0 aromatic carbocycles. The third kappa shape index (κ3) is 5.28. The number of alkyl halides is 12. The Morgan fingerprint density at radius 1 is 0.464 bits per heavy atom. The van der Waals surface area contributed by atoms with E-state index in [2.05, 4.69) is 0 Å². The van der Waals surface area contributed by atoms with Crippen LogP contribution in [-0.4, -0.2) is 24.7 Å². The quantitative estimate of drug-likeness (QED) is 0.264. The van der Waals surface area contributed by atoms with Crippen LogP contribution in [0.3, 0.4) is 0 Å². The minimum atomic E-state index is -5.78. The summed E-state index contributed by atoms with van der Waals surface area (Å²) < 4.78 is 157. The zero-order valence-corrected chi connectivity index (χ0v) is 14.9. The Morgan fingerprint density at radius 2 is 0.679 bits per heavy atom. The average molecular weight is 440 g/mol. The molecule has 0 spiro atoms. The first-order valence-corrected chi connectivity index (χ1v) is 8.25. The SMILES string of the molecule is CCCC(CC=CCC(CCC)(C(F)(F)F)C(F)(F)F)(C(F)(F)F)C(F)(F)F. The summed E-state index contributed by atoms with van der Waals surface area (Å²) in [5.41, 5.74) is -8.48. The lowest BCUT2D eigenvalue weighted by Gasteiger charge is -2.37. The maximum atomic E-state index is 13.1. The van der Waals surface area contributed by atoms with E-state index in [1.807, 2.05) is 0 Å². The predicted molar refractivity (Wildman–Crippen MR) is 77.3 cm³/mol. The van der Waals surface area contributed by atoms with Gasteiger partial charge >= 0.3 is 24.7 Å². The van der Waals surface area contributed by atoms with Crippen molar-refractivity contribution >= 4 is 0 Å². The van der Waals surface area contributed by atoms with Crippen LogP contribution >= 0.6 is 0 Å². The maximum Gasteiger partial charge on any atom is 0.403 e. The molecule has 0 aliphatic carbocycles. The summed E-state index contributed by atoms with van der Waals surface area (Å²) in [4.78, 5) is 0. The van der Waals surface area contributed by atoms with Crippen LogP contribution in [0.2, 0.25) is 0 Å². The van der Waals surface area contributed by atoms with Crippen LogP contribution in [0, 0.1) is 10.8 Å². The Hall–Kier alpha value is -1.10. The van der Waals surface area contributed by atoms with Crippen LogP contribution in [0.5, 0.6) is 0 Å². The summed E-state index contributed by atoms with van der Waals surface area (Å²) in [7, 11) is 0. The van der Waals surface area contributed by atoms with Gasteiger partial charge in [0.15, 0.2) is 10.8 Å². The topological polar surface area (TPSA) is 0 Å². The Labute approximate surface area is 154 Å². The van der Waals surface area contributed by atoms with E-state index in [0.29, 0.717) is 0 Å². The second-order valence-electron chi connectivity index (χ2n) is 6.53. The van der Waals surface area contributed by atoms with Gasteiger partial charge in [0.25, 0.3) is 0 Å². The highest BCUT2D eigenvalue weighted by Gasteiger charge is 2.70. The van der Waals surface area contributed by atoms with E-state index in [0.717, 1.165) is 13.8 Å². The smallest absolute Gasteiger partial charge is 0.170 e. The van der Waals surface area contributed by atoms with Crippen molar-refractivity contribution in [3.63, 3.8) is 0 Å². The summed E-state index contributed by atoms with van der Waals surface area (Å²) in [6.07, 6.45) is -30.4. The van der Waals surface area contributed by atoms with Crippen molar-refractivity contribution in [2.45, 2.75) is 77.1 Å². The Bertz CT molecular complexity index is 430. The lowest BCUT2D eigenvalue weighted by molar-refractivity contribution is -0.344. The van der Waals surface area contributed by atoms with Crippen molar-refractivity contribution in [1.29, 1.82) is 0 Å². The van der Waals surface area contributed by atoms with Crippen molar-refractivity contribution in [1.82, 2.24) is 0 Å². The highest BCUT2D eigenvalue weighted by Crippen LogP contribution is 2.57. The van der Waals surface area contributed by atoms with Gasteiger partial charge in [0.1, 0.15) is 0 Å². The van der Waals surface area contributed by atoms with Crippen LogP contribution in [0.25, 0.3) is 0 Å². The van der Waals surface area contributed by atoms with Gasteiger partial charge in [0, 0.05) is 0 Å². The lowest BCUT2D eigenvalue weighted by atomic mass is 9.76. The molecule has 0 atom stereocenters. The van der Waals surface area contributed by atoms with Gasteiger partial charge < -0.3 is 0 Å². The number of rotatable bonds is 8. The fourth-order valence-corrected chi connectivity index (χ4v) is 2.98. The van der Waals surface area contributed by atoms with Gasteiger partial charge in [-0.15, -0.1) is 0 Å². The molecule has 0 saturated carbocycles. The normalized spacial score (nSPS) is 15.5. The zero-order valence-electron chi connectivity index (χ0n) is 14.9. The fourth-order valence-electron chi connectivity index (χ4n) is 2.98. The van der Waals surface area contributed by atoms with Gasteiger partial charge in [-0.2, -0.15) is 52.7 Å². The first-order valence-electron chi connectivity index (χ1n) is 8.25. The molecule has 0 fully saturated rings. The van der Waals surface area contributed by atoms with Gasteiger partial charge in [-0.05, 0) is 25.7 Å². The number of halogens is 12. The third-order valence-electron chi connectivity index (χ3n) is 4.62. The molecule has 0 N–H and O–H groups in total. The summed E-state index contributed by atoms with van der Waals surface area (Å²) in [5, 5.41) is 0. The molecule has 0 aromatic heterocycles. The first-order chi connectivity index (χ1) is 12.3. The van der Waals surface area contributed by atoms with Crippen molar-refractivity contribution in [3.8, 4) is 0 Å². The van der Waals surface area contributed by atoms with Crippen molar-refractivity contribution in [2.24, 2.45) is 10.8 Å². The predicted octanol–water partition coefficient (Wildman–Crippen LogP) is 8.15. The van der Waals surface area contributed by atoms with Crippen molar-refractivity contribution in [3.05, 3.63) is 12.2 Å². The molecule has 168 valence electrons. The number of hydrogen-bond acceptors (Lipinski definition) is 0. The monoisotopic (exact) mass is 440 g/mol. The molecular formula is C16H20F12. The second kappa shape index (κ2) is 8.73. The van der Waals surface area contributed by atoms with Crippen molar-refractivity contribution in [2.75, 3.05) is 0 Å². The standard InChI is InChI=1S/C16H20F12/c1-3-7-11(13(17,18)19,14(20,21)22)9-5-6-10-12(8-4-2,15(23,24)25)16(26,27)28/h5-6H,3-4,7-10H2,1-2H3. The number of allylic oxidation sites excluding steroid dienone is 2. The first kappa shape index (κ1) is 26.9. The van der Waals surface area contributed by atoms with Crippen LogP contribution in [-0.2, 0) is 0 Å². The van der Waals surface area contributed by atoms with Gasteiger partial charge in [-0.25, -0.2) is 0 Å².